The van der Waals surface area contributed by atoms with Gasteiger partial charge in [0.2, 0.25) is 0 Å². The molecule has 0 aliphatic heterocycles. The van der Waals surface area contributed by atoms with Gasteiger partial charge in [-0.15, -0.1) is 11.8 Å². The van der Waals surface area contributed by atoms with E-state index < -0.39 is 10.0 Å². The van der Waals surface area contributed by atoms with Crippen LogP contribution in [0.5, 0.6) is 0 Å². The van der Waals surface area contributed by atoms with E-state index in [0.29, 0.717) is 10.7 Å². The maximum atomic E-state index is 12.3. The fraction of sp³-hybridized carbons (Fsp3) is 0.0769. The van der Waals surface area contributed by atoms with Crippen molar-refractivity contribution in [3.05, 3.63) is 47.5 Å². The molecule has 0 fully saturated rings. The molecule has 0 aliphatic carbocycles. The Labute approximate surface area is 127 Å². The smallest absolute Gasteiger partial charge is 0.263 e. The highest BCUT2D eigenvalue weighted by Crippen LogP contribution is 2.26. The molecule has 2 aromatic carbocycles. The first-order chi connectivity index (χ1) is 9.42. The lowest BCUT2D eigenvalue weighted by Gasteiger charge is -2.11. The molecule has 2 aromatic rings. The van der Waals surface area contributed by atoms with Crippen molar-refractivity contribution < 1.29 is 8.42 Å². The molecule has 0 heterocycles. The number of thioether (sulfide) groups is 1. The first-order valence-electron chi connectivity index (χ1n) is 5.64. The molecule has 0 aliphatic rings. The number of rotatable bonds is 4. The molecule has 0 unspecified atom stereocenters. The number of nitrogens with one attached hydrogen (secondary N) is 1. The van der Waals surface area contributed by atoms with E-state index in [9.17, 15) is 8.42 Å². The molecule has 106 valence electrons. The molecule has 0 bridgehead atoms. The van der Waals surface area contributed by atoms with Gasteiger partial charge >= 0.3 is 0 Å². The molecule has 2 rings (SSSR count). The van der Waals surface area contributed by atoms with Crippen LogP contribution in [0.15, 0.2) is 52.3 Å². The van der Waals surface area contributed by atoms with Gasteiger partial charge in [0.25, 0.3) is 10.0 Å². The second kappa shape index (κ2) is 5.95. The minimum atomic E-state index is -3.73. The summed E-state index contributed by atoms with van der Waals surface area (Å²) in [5.74, 6) is 0. The third-order valence-electron chi connectivity index (χ3n) is 2.58. The lowest BCUT2D eigenvalue weighted by molar-refractivity contribution is 0.601. The van der Waals surface area contributed by atoms with E-state index in [0.717, 1.165) is 4.90 Å². The summed E-state index contributed by atoms with van der Waals surface area (Å²) < 4.78 is 27.1. The van der Waals surface area contributed by atoms with Crippen molar-refractivity contribution in [2.45, 2.75) is 9.79 Å². The molecule has 0 radical (unpaired) electrons. The van der Waals surface area contributed by atoms with E-state index in [4.69, 9.17) is 17.3 Å². The molecule has 0 aromatic heterocycles. The van der Waals surface area contributed by atoms with Crippen LogP contribution in [0.1, 0.15) is 0 Å². The summed E-state index contributed by atoms with van der Waals surface area (Å²) in [5, 5.41) is 0.394. The molecular weight excluding hydrogens is 316 g/mol. The molecule has 0 atom stereocenters. The van der Waals surface area contributed by atoms with Crippen LogP contribution in [-0.2, 0) is 10.0 Å². The van der Waals surface area contributed by atoms with Gasteiger partial charge in [-0.05, 0) is 42.7 Å². The van der Waals surface area contributed by atoms with Gasteiger partial charge in [-0.25, -0.2) is 8.42 Å². The minimum Gasteiger partial charge on any atom is -0.398 e. The predicted octanol–water partition coefficient (Wildman–Crippen LogP) is 3.44. The zero-order chi connectivity index (χ0) is 14.8. The molecule has 0 saturated carbocycles. The molecule has 0 spiro atoms. The molecule has 7 heteroatoms. The number of hydrogen-bond donors (Lipinski definition) is 2. The van der Waals surface area contributed by atoms with Crippen LogP contribution in [0.3, 0.4) is 0 Å². The van der Waals surface area contributed by atoms with Gasteiger partial charge in [0.05, 0.1) is 5.69 Å². The minimum absolute atomic E-state index is 0.0106. The van der Waals surface area contributed by atoms with Gasteiger partial charge < -0.3 is 5.73 Å². The van der Waals surface area contributed by atoms with E-state index in [1.165, 1.54) is 30.0 Å². The fourth-order valence-corrected chi connectivity index (χ4v) is 3.46. The van der Waals surface area contributed by atoms with Crippen LogP contribution >= 0.6 is 23.4 Å². The number of hydrogen-bond acceptors (Lipinski definition) is 4. The highest BCUT2D eigenvalue weighted by Gasteiger charge is 2.17. The lowest BCUT2D eigenvalue weighted by atomic mass is 10.3. The van der Waals surface area contributed by atoms with Crippen molar-refractivity contribution in [1.82, 2.24) is 0 Å². The van der Waals surface area contributed by atoms with Crippen molar-refractivity contribution in [2.24, 2.45) is 0 Å². The highest BCUT2D eigenvalue weighted by atomic mass is 35.5. The lowest BCUT2D eigenvalue weighted by Crippen LogP contribution is -2.14. The Hall–Kier alpha value is -1.37. The fourth-order valence-electron chi connectivity index (χ4n) is 1.66. The third kappa shape index (κ3) is 3.39. The topological polar surface area (TPSA) is 72.2 Å². The largest absolute Gasteiger partial charge is 0.398 e. The Morgan fingerprint density at radius 3 is 2.60 bits per heavy atom. The summed E-state index contributed by atoms with van der Waals surface area (Å²) in [4.78, 5) is 0.978. The van der Waals surface area contributed by atoms with Crippen molar-refractivity contribution in [3.63, 3.8) is 0 Å². The normalized spacial score (nSPS) is 11.3. The summed E-state index contributed by atoms with van der Waals surface area (Å²) in [7, 11) is -3.73. The number of nitrogen functional groups attached to an aromatic ring is 1. The molecule has 0 amide bonds. The number of halogens is 1. The summed E-state index contributed by atoms with van der Waals surface area (Å²) in [6.45, 7) is 0. The average molecular weight is 329 g/mol. The molecule has 0 saturated heterocycles. The van der Waals surface area contributed by atoms with E-state index in [-0.39, 0.29) is 10.6 Å². The van der Waals surface area contributed by atoms with E-state index in [1.54, 1.807) is 18.2 Å². The summed E-state index contributed by atoms with van der Waals surface area (Å²) in [6.07, 6.45) is 1.92. The SMILES string of the molecule is CSc1cccc(NS(=O)(=O)c2ccc(Cl)cc2N)c1. The van der Waals surface area contributed by atoms with Gasteiger partial charge in [-0.3, -0.25) is 4.72 Å². The second-order valence-electron chi connectivity index (χ2n) is 4.02. The Kier molecular flexibility index (Phi) is 4.47. The first-order valence-corrected chi connectivity index (χ1v) is 8.73. The van der Waals surface area contributed by atoms with Crippen LogP contribution in [0.25, 0.3) is 0 Å². The van der Waals surface area contributed by atoms with Crippen molar-refractivity contribution in [3.8, 4) is 0 Å². The van der Waals surface area contributed by atoms with Crippen LogP contribution in [0, 0.1) is 0 Å². The van der Waals surface area contributed by atoms with Crippen molar-refractivity contribution in [1.29, 1.82) is 0 Å². The molecular formula is C13H13ClN2O2S2. The maximum Gasteiger partial charge on any atom is 0.263 e. The van der Waals surface area contributed by atoms with E-state index >= 15 is 0 Å². The summed E-state index contributed by atoms with van der Waals surface area (Å²) >= 11 is 7.30. The Morgan fingerprint density at radius 1 is 1.20 bits per heavy atom. The number of anilines is 2. The predicted molar refractivity (Wildman–Crippen MR) is 84.9 cm³/mol. The molecule has 3 N–H and O–H groups in total. The first kappa shape index (κ1) is 15.0. The quantitative estimate of drug-likeness (QED) is 0.666. The zero-order valence-corrected chi connectivity index (χ0v) is 13.0. The summed E-state index contributed by atoms with van der Waals surface area (Å²) in [6, 6.07) is 11.4. The molecule has 4 nitrogen and oxygen atoms in total. The number of nitrogens with two attached hydrogens (primary N) is 1. The summed E-state index contributed by atoms with van der Waals surface area (Å²) in [5.41, 5.74) is 6.32. The molecule has 20 heavy (non-hydrogen) atoms. The highest BCUT2D eigenvalue weighted by molar-refractivity contribution is 7.98. The van der Waals surface area contributed by atoms with Crippen molar-refractivity contribution in [2.75, 3.05) is 16.7 Å². The number of benzene rings is 2. The van der Waals surface area contributed by atoms with Gasteiger partial charge in [-0.2, -0.15) is 0 Å². The van der Waals surface area contributed by atoms with Gasteiger partial charge in [-0.1, -0.05) is 17.7 Å². The van der Waals surface area contributed by atoms with Crippen LogP contribution < -0.4 is 10.5 Å². The van der Waals surface area contributed by atoms with Gasteiger partial charge in [0.15, 0.2) is 0 Å². The van der Waals surface area contributed by atoms with Crippen LogP contribution in [-0.4, -0.2) is 14.7 Å². The number of sulfonamides is 1. The van der Waals surface area contributed by atoms with Gasteiger partial charge in [0.1, 0.15) is 4.90 Å². The Balaban J connectivity index is 2.35. The van der Waals surface area contributed by atoms with Crippen LogP contribution in [0.2, 0.25) is 5.02 Å². The third-order valence-corrected chi connectivity index (χ3v) is 5.00. The zero-order valence-electron chi connectivity index (χ0n) is 10.6. The van der Waals surface area contributed by atoms with Gasteiger partial charge in [0, 0.05) is 15.6 Å². The maximum absolute atomic E-state index is 12.3. The second-order valence-corrected chi connectivity index (χ2v) is 6.99. The standard InChI is InChI=1S/C13H13ClN2O2S2/c1-19-11-4-2-3-10(8-11)16-20(17,18)13-6-5-9(14)7-12(13)15/h2-8,16H,15H2,1H3. The monoisotopic (exact) mass is 328 g/mol. The van der Waals surface area contributed by atoms with Crippen LogP contribution in [0.4, 0.5) is 11.4 Å². The van der Waals surface area contributed by atoms with E-state index in [1.807, 2.05) is 12.3 Å². The Bertz CT molecular complexity index is 733. The van der Waals surface area contributed by atoms with Crippen molar-refractivity contribution >= 4 is 44.8 Å². The average Bonchev–Trinajstić information content (AvgIpc) is 2.37. The Morgan fingerprint density at radius 2 is 1.95 bits per heavy atom. The van der Waals surface area contributed by atoms with E-state index in [2.05, 4.69) is 4.72 Å².